The van der Waals surface area contributed by atoms with Crippen molar-refractivity contribution in [2.24, 2.45) is 0 Å². The van der Waals surface area contributed by atoms with E-state index in [1.165, 1.54) is 37.7 Å². The summed E-state index contributed by atoms with van der Waals surface area (Å²) < 4.78 is 4.74. The average molecular weight is 866 g/mol. The van der Waals surface area contributed by atoms with E-state index in [0.717, 1.165) is 77.3 Å². The Morgan fingerprint density at radius 3 is 1.18 bits per heavy atom. The number of hydrogen-bond donors (Lipinski definition) is 0. The van der Waals surface area contributed by atoms with E-state index in [-0.39, 0.29) is 0 Å². The van der Waals surface area contributed by atoms with Crippen molar-refractivity contribution in [2.75, 3.05) is 0 Å². The molecule has 0 fully saturated rings. The first-order chi connectivity index (χ1) is 33.7. The molecule has 0 N–H and O–H groups in total. The van der Waals surface area contributed by atoms with Crippen molar-refractivity contribution in [1.29, 1.82) is 0 Å². The van der Waals surface area contributed by atoms with Gasteiger partial charge in [0.2, 0.25) is 5.95 Å². The SMILES string of the molecule is c1ccc(-c2cc(-c3ccc4c5ccccc5c5ccccc5c4c3)cc(-n3c4ccccc4c4ccc5c6ccccc6n(-c6nc(-c7ccccc7)nc(-c7ccccc7)n6)c5c43)c2)cc1. The number of rotatable bonds is 6. The van der Waals surface area contributed by atoms with Crippen LogP contribution in [-0.4, -0.2) is 24.1 Å². The smallest absolute Gasteiger partial charge is 0.238 e. The molecular formula is C63H39N5. The van der Waals surface area contributed by atoms with Crippen LogP contribution >= 0.6 is 0 Å². The molecule has 0 aliphatic heterocycles. The first kappa shape index (κ1) is 38.1. The van der Waals surface area contributed by atoms with Gasteiger partial charge in [-0.15, -0.1) is 0 Å². The molecule has 0 saturated heterocycles. The van der Waals surface area contributed by atoms with Gasteiger partial charge in [-0.2, -0.15) is 9.97 Å². The first-order valence-corrected chi connectivity index (χ1v) is 23.1. The quantitative estimate of drug-likeness (QED) is 0.156. The van der Waals surface area contributed by atoms with Crippen LogP contribution in [0.1, 0.15) is 0 Å². The van der Waals surface area contributed by atoms with E-state index >= 15 is 0 Å². The van der Waals surface area contributed by atoms with Gasteiger partial charge >= 0.3 is 0 Å². The molecule has 5 nitrogen and oxygen atoms in total. The van der Waals surface area contributed by atoms with Crippen molar-refractivity contribution in [3.05, 3.63) is 237 Å². The van der Waals surface area contributed by atoms with E-state index in [1.807, 2.05) is 36.4 Å². The highest BCUT2D eigenvalue weighted by Crippen LogP contribution is 2.44. The summed E-state index contributed by atoms with van der Waals surface area (Å²) in [6.45, 7) is 0. The number of para-hydroxylation sites is 2. The van der Waals surface area contributed by atoms with Crippen LogP contribution in [0.3, 0.4) is 0 Å². The predicted octanol–water partition coefficient (Wildman–Crippen LogP) is 16.2. The molecule has 0 saturated carbocycles. The second-order valence-electron chi connectivity index (χ2n) is 17.6. The standard InChI is InChI=1S/C63H39N5/c1-4-18-40(19-5-1)44-36-45(43-32-33-51-49-26-11-10-24-47(49)48-25-12-13-27-50(48)56(51)39-43)38-46(37-44)67-57-30-16-14-28-52(57)54-34-35-55-53-29-15-17-31-58(53)68(60(55)59(54)67)63-65-61(41-20-6-2-7-21-41)64-62(66-63)42-22-8-3-9-23-42/h1-39H. The van der Waals surface area contributed by atoms with Gasteiger partial charge in [0.25, 0.3) is 0 Å². The van der Waals surface area contributed by atoms with Crippen molar-refractivity contribution in [2.45, 2.75) is 0 Å². The summed E-state index contributed by atoms with van der Waals surface area (Å²) >= 11 is 0. The van der Waals surface area contributed by atoms with Crippen LogP contribution in [0, 0.1) is 0 Å². The Morgan fingerprint density at radius 2 is 0.632 bits per heavy atom. The molecule has 0 spiro atoms. The van der Waals surface area contributed by atoms with Gasteiger partial charge in [0, 0.05) is 38.4 Å². The van der Waals surface area contributed by atoms with Gasteiger partial charge < -0.3 is 4.57 Å². The topological polar surface area (TPSA) is 48.5 Å². The van der Waals surface area contributed by atoms with Gasteiger partial charge in [0.05, 0.1) is 22.1 Å². The highest BCUT2D eigenvalue weighted by molar-refractivity contribution is 6.26. The lowest BCUT2D eigenvalue weighted by Gasteiger charge is -2.16. The van der Waals surface area contributed by atoms with E-state index < -0.39 is 0 Å². The minimum atomic E-state index is 0.558. The van der Waals surface area contributed by atoms with Crippen LogP contribution in [0.25, 0.3) is 133 Å². The molecule has 0 bridgehead atoms. The third kappa shape index (κ3) is 5.93. The normalized spacial score (nSPS) is 11.8. The monoisotopic (exact) mass is 865 g/mol. The van der Waals surface area contributed by atoms with Gasteiger partial charge in [-0.1, -0.05) is 200 Å². The lowest BCUT2D eigenvalue weighted by Crippen LogP contribution is -2.07. The molecular weight excluding hydrogens is 827 g/mol. The third-order valence-corrected chi connectivity index (χ3v) is 13.7. The molecule has 316 valence electrons. The summed E-state index contributed by atoms with van der Waals surface area (Å²) in [5.74, 6) is 1.79. The summed E-state index contributed by atoms with van der Waals surface area (Å²) in [4.78, 5) is 15.8. The van der Waals surface area contributed by atoms with E-state index in [1.54, 1.807) is 0 Å². The Balaban J connectivity index is 1.09. The highest BCUT2D eigenvalue weighted by atomic mass is 15.2. The lowest BCUT2D eigenvalue weighted by atomic mass is 9.91. The Kier molecular flexibility index (Phi) is 8.52. The largest absolute Gasteiger partial charge is 0.307 e. The molecule has 0 atom stereocenters. The Hall–Kier alpha value is -9.19. The summed E-state index contributed by atoms with van der Waals surface area (Å²) in [5.41, 5.74) is 11.7. The molecule has 0 unspecified atom stereocenters. The van der Waals surface area contributed by atoms with Crippen molar-refractivity contribution in [3.8, 4) is 56.7 Å². The molecule has 3 heterocycles. The Bertz CT molecular complexity index is 4210. The van der Waals surface area contributed by atoms with Gasteiger partial charge in [-0.05, 0) is 91.0 Å². The minimum Gasteiger partial charge on any atom is -0.307 e. The van der Waals surface area contributed by atoms with Crippen molar-refractivity contribution in [1.82, 2.24) is 24.1 Å². The second-order valence-corrected chi connectivity index (χ2v) is 17.6. The number of nitrogens with zero attached hydrogens (tertiary/aromatic N) is 5. The molecule has 0 aliphatic rings. The fraction of sp³-hybridized carbons (Fsp3) is 0. The van der Waals surface area contributed by atoms with Crippen LogP contribution in [0.5, 0.6) is 0 Å². The fourth-order valence-corrected chi connectivity index (χ4v) is 10.7. The maximum Gasteiger partial charge on any atom is 0.238 e. The van der Waals surface area contributed by atoms with E-state index in [4.69, 9.17) is 15.0 Å². The van der Waals surface area contributed by atoms with Crippen LogP contribution in [0.15, 0.2) is 237 Å². The van der Waals surface area contributed by atoms with Gasteiger partial charge in [0.15, 0.2) is 11.6 Å². The third-order valence-electron chi connectivity index (χ3n) is 13.7. The van der Waals surface area contributed by atoms with Crippen molar-refractivity contribution < 1.29 is 0 Å². The van der Waals surface area contributed by atoms with Crippen LogP contribution in [0.4, 0.5) is 0 Å². The highest BCUT2D eigenvalue weighted by Gasteiger charge is 2.24. The molecule has 0 aliphatic carbocycles. The predicted molar refractivity (Wildman–Crippen MR) is 283 cm³/mol. The van der Waals surface area contributed by atoms with E-state index in [9.17, 15) is 0 Å². The van der Waals surface area contributed by atoms with Crippen LogP contribution < -0.4 is 0 Å². The Labute approximate surface area is 391 Å². The second kappa shape index (κ2) is 15.2. The summed E-state index contributed by atoms with van der Waals surface area (Å²) in [7, 11) is 0. The average Bonchev–Trinajstić information content (AvgIpc) is 3.95. The van der Waals surface area contributed by atoms with Gasteiger partial charge in [-0.25, -0.2) is 4.98 Å². The summed E-state index contributed by atoms with van der Waals surface area (Å²) in [5, 5.41) is 12.1. The molecule has 0 amide bonds. The van der Waals surface area contributed by atoms with E-state index in [0.29, 0.717) is 17.6 Å². The lowest BCUT2D eigenvalue weighted by molar-refractivity contribution is 0.953. The van der Waals surface area contributed by atoms with E-state index in [2.05, 4.69) is 209 Å². The zero-order chi connectivity index (χ0) is 44.7. The number of fused-ring (bicyclic) bond motifs is 13. The fourth-order valence-electron chi connectivity index (χ4n) is 10.7. The molecule has 5 heteroatoms. The number of aromatic nitrogens is 5. The first-order valence-electron chi connectivity index (χ1n) is 23.1. The minimum absolute atomic E-state index is 0.558. The zero-order valence-electron chi connectivity index (χ0n) is 36.8. The molecule has 68 heavy (non-hydrogen) atoms. The van der Waals surface area contributed by atoms with Crippen LogP contribution in [-0.2, 0) is 0 Å². The Morgan fingerprint density at radius 1 is 0.235 bits per heavy atom. The molecule has 3 aromatic heterocycles. The molecule has 14 aromatic rings. The number of hydrogen-bond acceptors (Lipinski definition) is 3. The molecule has 14 rings (SSSR count). The van der Waals surface area contributed by atoms with Crippen LogP contribution in [0.2, 0.25) is 0 Å². The van der Waals surface area contributed by atoms with Crippen molar-refractivity contribution in [3.63, 3.8) is 0 Å². The maximum atomic E-state index is 5.34. The molecule has 11 aromatic carbocycles. The summed E-state index contributed by atoms with van der Waals surface area (Å²) in [6.07, 6.45) is 0. The van der Waals surface area contributed by atoms with Crippen molar-refractivity contribution >= 4 is 75.9 Å². The molecule has 0 radical (unpaired) electrons. The summed E-state index contributed by atoms with van der Waals surface area (Å²) in [6, 6.07) is 84.9. The maximum absolute atomic E-state index is 5.34. The number of benzene rings is 11. The zero-order valence-corrected chi connectivity index (χ0v) is 36.8. The van der Waals surface area contributed by atoms with Gasteiger partial charge in [0.1, 0.15) is 0 Å². The van der Waals surface area contributed by atoms with Gasteiger partial charge in [-0.3, -0.25) is 4.57 Å².